The molecule has 2 N–H and O–H groups in total. The van der Waals surface area contributed by atoms with Crippen LogP contribution in [-0.2, 0) is 11.3 Å². The predicted molar refractivity (Wildman–Crippen MR) is 91.6 cm³/mol. The number of benzene rings is 1. The molecule has 27 heavy (non-hydrogen) atoms. The van der Waals surface area contributed by atoms with E-state index in [4.69, 9.17) is 4.74 Å². The Morgan fingerprint density at radius 2 is 2.19 bits per heavy atom. The SMILES string of the molecule is COCCn1cnnc1[C@@H](C)NC(=O)Nc1cc(-n2cnnn2)ccc1F. The number of tetrazole rings is 1. The highest BCUT2D eigenvalue weighted by Crippen LogP contribution is 2.18. The molecule has 0 saturated carbocycles. The smallest absolute Gasteiger partial charge is 0.319 e. The van der Waals surface area contributed by atoms with Gasteiger partial charge in [-0.3, -0.25) is 0 Å². The van der Waals surface area contributed by atoms with Crippen LogP contribution in [0.2, 0.25) is 0 Å². The van der Waals surface area contributed by atoms with Gasteiger partial charge in [-0.05, 0) is 35.5 Å². The molecule has 1 aromatic carbocycles. The van der Waals surface area contributed by atoms with E-state index in [1.807, 2.05) is 0 Å². The van der Waals surface area contributed by atoms with E-state index in [0.29, 0.717) is 24.7 Å². The lowest BCUT2D eigenvalue weighted by Gasteiger charge is -2.16. The molecule has 2 amide bonds. The first kappa shape index (κ1) is 18.4. The number of hydrogen-bond acceptors (Lipinski definition) is 7. The van der Waals surface area contributed by atoms with Gasteiger partial charge < -0.3 is 19.9 Å². The number of carbonyl (C=O) groups excluding carboxylic acids is 1. The monoisotopic (exact) mass is 375 g/mol. The summed E-state index contributed by atoms with van der Waals surface area (Å²) in [5, 5.41) is 23.8. The first-order valence-corrected chi connectivity index (χ1v) is 8.05. The van der Waals surface area contributed by atoms with Gasteiger partial charge in [0.2, 0.25) is 0 Å². The van der Waals surface area contributed by atoms with Crippen molar-refractivity contribution >= 4 is 11.7 Å². The molecule has 0 radical (unpaired) electrons. The predicted octanol–water partition coefficient (Wildman–Crippen LogP) is 0.922. The molecular weight excluding hydrogens is 357 g/mol. The van der Waals surface area contributed by atoms with E-state index >= 15 is 0 Å². The Morgan fingerprint density at radius 1 is 1.33 bits per heavy atom. The molecule has 3 aromatic rings. The summed E-state index contributed by atoms with van der Waals surface area (Å²) in [5.74, 6) is -0.0250. The maximum absolute atomic E-state index is 14.0. The van der Waals surface area contributed by atoms with Gasteiger partial charge in [0.15, 0.2) is 5.82 Å². The Morgan fingerprint density at radius 3 is 2.93 bits per heavy atom. The van der Waals surface area contributed by atoms with Crippen molar-refractivity contribution in [2.45, 2.75) is 19.5 Å². The highest BCUT2D eigenvalue weighted by atomic mass is 19.1. The van der Waals surface area contributed by atoms with Crippen LogP contribution in [0.3, 0.4) is 0 Å². The zero-order chi connectivity index (χ0) is 19.2. The first-order chi connectivity index (χ1) is 13.1. The van der Waals surface area contributed by atoms with Gasteiger partial charge >= 0.3 is 6.03 Å². The van der Waals surface area contributed by atoms with E-state index in [1.54, 1.807) is 24.9 Å². The maximum Gasteiger partial charge on any atom is 0.319 e. The summed E-state index contributed by atoms with van der Waals surface area (Å²) < 4.78 is 22.2. The topological polar surface area (TPSA) is 125 Å². The van der Waals surface area contributed by atoms with Crippen LogP contribution < -0.4 is 10.6 Å². The largest absolute Gasteiger partial charge is 0.383 e. The van der Waals surface area contributed by atoms with Crippen molar-refractivity contribution in [1.82, 2.24) is 40.3 Å². The van der Waals surface area contributed by atoms with Gasteiger partial charge in [0.1, 0.15) is 18.5 Å². The zero-order valence-electron chi connectivity index (χ0n) is 14.7. The third-order valence-electron chi connectivity index (χ3n) is 3.73. The summed E-state index contributed by atoms with van der Waals surface area (Å²) in [5.41, 5.74) is 0.498. The van der Waals surface area contributed by atoms with Gasteiger partial charge in [0.25, 0.3) is 0 Å². The normalized spacial score (nSPS) is 12.0. The molecule has 12 heteroatoms. The van der Waals surface area contributed by atoms with Crippen LogP contribution in [0.1, 0.15) is 18.8 Å². The molecule has 0 aliphatic carbocycles. The van der Waals surface area contributed by atoms with Gasteiger partial charge in [0.05, 0.1) is 24.0 Å². The second kappa shape index (κ2) is 8.31. The Kier molecular flexibility index (Phi) is 5.66. The molecule has 0 aliphatic rings. The standard InChI is InChI=1S/C15H18FN9O2/c1-10(14-21-17-8-24(14)5-6-27-2)19-15(26)20-13-7-11(3-4-12(13)16)25-9-18-22-23-25/h3-4,7-10H,5-6H2,1-2H3,(H2,19,20,26)/t10-/m1/s1. The van der Waals surface area contributed by atoms with Crippen molar-refractivity contribution in [3.05, 3.63) is 42.5 Å². The molecule has 0 spiro atoms. The van der Waals surface area contributed by atoms with E-state index < -0.39 is 17.9 Å². The highest BCUT2D eigenvalue weighted by molar-refractivity contribution is 5.89. The lowest BCUT2D eigenvalue weighted by molar-refractivity contribution is 0.185. The molecular formula is C15H18FN9O2. The molecule has 0 aliphatic heterocycles. The minimum Gasteiger partial charge on any atom is -0.383 e. The average Bonchev–Trinajstić information content (AvgIpc) is 3.33. The number of hydrogen-bond donors (Lipinski definition) is 2. The summed E-state index contributed by atoms with van der Waals surface area (Å²) in [4.78, 5) is 12.3. The van der Waals surface area contributed by atoms with E-state index in [1.165, 1.54) is 29.2 Å². The molecule has 0 saturated heterocycles. The number of urea groups is 1. The fourth-order valence-corrected chi connectivity index (χ4v) is 2.41. The van der Waals surface area contributed by atoms with Crippen molar-refractivity contribution in [3.8, 4) is 5.69 Å². The van der Waals surface area contributed by atoms with E-state index in [2.05, 4.69) is 36.4 Å². The molecule has 0 unspecified atom stereocenters. The van der Waals surface area contributed by atoms with E-state index in [0.717, 1.165) is 0 Å². The molecule has 1 atom stereocenters. The quantitative estimate of drug-likeness (QED) is 0.629. The molecule has 2 heterocycles. The number of amides is 2. The minimum absolute atomic E-state index is 0.00597. The summed E-state index contributed by atoms with van der Waals surface area (Å²) in [6, 6.07) is 3.11. The van der Waals surface area contributed by atoms with Crippen LogP contribution in [0.5, 0.6) is 0 Å². The van der Waals surface area contributed by atoms with E-state index in [-0.39, 0.29) is 5.69 Å². The number of methoxy groups -OCH3 is 1. The van der Waals surface area contributed by atoms with Crippen molar-refractivity contribution in [2.75, 3.05) is 19.0 Å². The number of halogens is 1. The third kappa shape index (κ3) is 4.41. The summed E-state index contributed by atoms with van der Waals surface area (Å²) in [6.45, 7) is 2.79. The van der Waals surface area contributed by atoms with Crippen LogP contribution in [0.4, 0.5) is 14.9 Å². The zero-order valence-corrected chi connectivity index (χ0v) is 14.7. The number of ether oxygens (including phenoxy) is 1. The average molecular weight is 375 g/mol. The van der Waals surface area contributed by atoms with Gasteiger partial charge in [0, 0.05) is 13.7 Å². The Labute approximate surface area is 153 Å². The maximum atomic E-state index is 14.0. The van der Waals surface area contributed by atoms with Crippen molar-refractivity contribution in [3.63, 3.8) is 0 Å². The van der Waals surface area contributed by atoms with Crippen molar-refractivity contribution in [2.24, 2.45) is 0 Å². The number of nitrogens with zero attached hydrogens (tertiary/aromatic N) is 7. The van der Waals surface area contributed by atoms with E-state index in [9.17, 15) is 9.18 Å². The molecule has 11 nitrogen and oxygen atoms in total. The Balaban J connectivity index is 1.67. The lowest BCUT2D eigenvalue weighted by Crippen LogP contribution is -2.33. The lowest BCUT2D eigenvalue weighted by atomic mass is 10.2. The summed E-state index contributed by atoms with van der Waals surface area (Å²) >= 11 is 0. The molecule has 2 aromatic heterocycles. The molecule has 0 fully saturated rings. The van der Waals surface area contributed by atoms with Crippen molar-refractivity contribution in [1.29, 1.82) is 0 Å². The molecule has 142 valence electrons. The van der Waals surface area contributed by atoms with Crippen LogP contribution in [-0.4, -0.2) is 54.7 Å². The number of aromatic nitrogens is 7. The minimum atomic E-state index is -0.587. The van der Waals surface area contributed by atoms with Gasteiger partial charge in [-0.1, -0.05) is 0 Å². The number of carbonyl (C=O) groups is 1. The van der Waals surface area contributed by atoms with Crippen LogP contribution >= 0.6 is 0 Å². The second-order valence-electron chi connectivity index (χ2n) is 5.61. The fraction of sp³-hybridized carbons (Fsp3) is 0.333. The molecule has 3 rings (SSSR count). The van der Waals surface area contributed by atoms with Crippen molar-refractivity contribution < 1.29 is 13.9 Å². The van der Waals surface area contributed by atoms with Crippen LogP contribution in [0.25, 0.3) is 5.69 Å². The van der Waals surface area contributed by atoms with Gasteiger partial charge in [-0.15, -0.1) is 15.3 Å². The molecule has 0 bridgehead atoms. The highest BCUT2D eigenvalue weighted by Gasteiger charge is 2.17. The third-order valence-corrected chi connectivity index (χ3v) is 3.73. The summed E-state index contributed by atoms with van der Waals surface area (Å²) in [7, 11) is 1.59. The van der Waals surface area contributed by atoms with Crippen LogP contribution in [0.15, 0.2) is 30.9 Å². The Bertz CT molecular complexity index is 897. The fourth-order valence-electron chi connectivity index (χ4n) is 2.41. The number of anilines is 1. The van der Waals surface area contributed by atoms with Crippen LogP contribution in [0, 0.1) is 5.82 Å². The first-order valence-electron chi connectivity index (χ1n) is 8.05. The second-order valence-corrected chi connectivity index (χ2v) is 5.61. The van der Waals surface area contributed by atoms with Gasteiger partial charge in [-0.25, -0.2) is 13.9 Å². The Hall–Kier alpha value is -3.41. The van der Waals surface area contributed by atoms with Gasteiger partial charge in [-0.2, -0.15) is 0 Å². The summed E-state index contributed by atoms with van der Waals surface area (Å²) in [6.07, 6.45) is 2.92. The number of nitrogens with one attached hydrogen (secondary N) is 2. The number of rotatable bonds is 7.